The molecule has 2 rings (SSSR count). The van der Waals surface area contributed by atoms with Crippen LogP contribution >= 0.6 is 0 Å². The van der Waals surface area contributed by atoms with Gasteiger partial charge in [-0.3, -0.25) is 0 Å². The molecule has 0 fully saturated rings. The van der Waals surface area contributed by atoms with Crippen molar-refractivity contribution in [3.05, 3.63) is 45.7 Å². The molecule has 3 nitrogen and oxygen atoms in total. The monoisotopic (exact) mass is 220 g/mol. The molecular formula is C11H8O3S. The van der Waals surface area contributed by atoms with Crippen molar-refractivity contribution >= 4 is 28.9 Å². The Morgan fingerprint density at radius 3 is 2.53 bits per heavy atom. The van der Waals surface area contributed by atoms with E-state index in [1.165, 1.54) is 11.5 Å². The smallest absolute Gasteiger partial charge is 0.345 e. The van der Waals surface area contributed by atoms with Crippen LogP contribution in [-0.4, -0.2) is 15.3 Å². The molecule has 1 N–H and O–H groups in total. The third kappa shape index (κ3) is 1.89. The van der Waals surface area contributed by atoms with Crippen LogP contribution in [0.5, 0.6) is 0 Å². The number of carboxylic acid groups (broad SMARTS) is 1. The van der Waals surface area contributed by atoms with Crippen molar-refractivity contribution in [2.24, 2.45) is 0 Å². The summed E-state index contributed by atoms with van der Waals surface area (Å²) in [6.45, 7) is 0. The average molecular weight is 220 g/mol. The van der Waals surface area contributed by atoms with Crippen LogP contribution in [0, 0.1) is 0 Å². The number of fused-ring (bicyclic) bond motifs is 1. The van der Waals surface area contributed by atoms with Gasteiger partial charge >= 0.3 is 5.97 Å². The van der Waals surface area contributed by atoms with Crippen molar-refractivity contribution in [2.75, 3.05) is 0 Å². The van der Waals surface area contributed by atoms with E-state index in [1.54, 1.807) is 12.1 Å². The van der Waals surface area contributed by atoms with Gasteiger partial charge in [-0.05, 0) is 23.3 Å². The predicted molar refractivity (Wildman–Crippen MR) is 59.2 cm³/mol. The van der Waals surface area contributed by atoms with E-state index < -0.39 is 16.8 Å². The van der Waals surface area contributed by atoms with E-state index in [9.17, 15) is 9.00 Å². The zero-order chi connectivity index (χ0) is 10.8. The summed E-state index contributed by atoms with van der Waals surface area (Å²) >= 11 is 0. The molecule has 15 heavy (non-hydrogen) atoms. The molecule has 0 spiro atoms. The van der Waals surface area contributed by atoms with E-state index >= 15 is 0 Å². The van der Waals surface area contributed by atoms with Gasteiger partial charge in [0.25, 0.3) is 0 Å². The standard InChI is InChI=1S/C11H8O3S/c12-11(13)10-7-9-4-2-1-3-8(9)5-6-15(10)14/h1-7H,(H,12,13). The van der Waals surface area contributed by atoms with Crippen LogP contribution in [0.1, 0.15) is 11.1 Å². The van der Waals surface area contributed by atoms with E-state index in [4.69, 9.17) is 5.11 Å². The SMILES string of the molecule is O=C(O)C1=Cc2ccccc2C=CS1=O. The minimum atomic E-state index is -1.57. The van der Waals surface area contributed by atoms with Crippen molar-refractivity contribution in [1.29, 1.82) is 0 Å². The first-order valence-electron chi connectivity index (χ1n) is 4.31. The zero-order valence-corrected chi connectivity index (χ0v) is 8.53. The lowest BCUT2D eigenvalue weighted by atomic mass is 10.1. The lowest BCUT2D eigenvalue weighted by molar-refractivity contribution is -0.131. The number of hydrogen-bond donors (Lipinski definition) is 1. The van der Waals surface area contributed by atoms with Gasteiger partial charge in [0.2, 0.25) is 0 Å². The fraction of sp³-hybridized carbons (Fsp3) is 0. The van der Waals surface area contributed by atoms with Crippen LogP contribution in [-0.2, 0) is 15.6 Å². The van der Waals surface area contributed by atoms with Gasteiger partial charge in [0.15, 0.2) is 0 Å². The minimum absolute atomic E-state index is 0.0869. The number of aliphatic carboxylic acids is 1. The Hall–Kier alpha value is -1.68. The second kappa shape index (κ2) is 3.82. The summed E-state index contributed by atoms with van der Waals surface area (Å²) in [5.41, 5.74) is 1.65. The first kappa shape index (κ1) is 9.86. The summed E-state index contributed by atoms with van der Waals surface area (Å²) in [6.07, 6.45) is 3.13. The third-order valence-corrected chi connectivity index (χ3v) is 3.19. The highest BCUT2D eigenvalue weighted by molar-refractivity contribution is 7.93. The van der Waals surface area contributed by atoms with Crippen molar-refractivity contribution in [1.82, 2.24) is 0 Å². The molecule has 1 heterocycles. The lowest BCUT2D eigenvalue weighted by Crippen LogP contribution is -2.03. The maximum absolute atomic E-state index is 11.5. The molecule has 0 aromatic heterocycles. The van der Waals surface area contributed by atoms with E-state index in [2.05, 4.69) is 0 Å². The number of rotatable bonds is 1. The maximum Gasteiger partial charge on any atom is 0.345 e. The average Bonchev–Trinajstić information content (AvgIpc) is 2.39. The number of carbonyl (C=O) groups is 1. The van der Waals surface area contributed by atoms with Gasteiger partial charge in [-0.2, -0.15) is 0 Å². The first-order chi connectivity index (χ1) is 7.18. The summed E-state index contributed by atoms with van der Waals surface area (Å²) in [5.74, 6) is -1.14. The molecule has 1 atom stereocenters. The first-order valence-corrected chi connectivity index (χ1v) is 5.52. The molecule has 1 aliphatic rings. The highest BCUT2D eigenvalue weighted by atomic mass is 32.2. The minimum Gasteiger partial charge on any atom is -0.477 e. The van der Waals surface area contributed by atoms with Gasteiger partial charge in [0, 0.05) is 5.41 Å². The molecule has 1 aliphatic heterocycles. The van der Waals surface area contributed by atoms with Gasteiger partial charge in [-0.25, -0.2) is 9.00 Å². The van der Waals surface area contributed by atoms with Crippen LogP contribution < -0.4 is 0 Å². The zero-order valence-electron chi connectivity index (χ0n) is 7.71. The highest BCUT2D eigenvalue weighted by Crippen LogP contribution is 2.21. The van der Waals surface area contributed by atoms with Crippen molar-refractivity contribution in [3.63, 3.8) is 0 Å². The van der Waals surface area contributed by atoms with Gasteiger partial charge in [-0.15, -0.1) is 0 Å². The quantitative estimate of drug-likeness (QED) is 0.785. The Kier molecular flexibility index (Phi) is 2.51. The molecule has 0 amide bonds. The Labute approximate surface area is 89.2 Å². The fourth-order valence-electron chi connectivity index (χ4n) is 1.35. The van der Waals surface area contributed by atoms with Crippen molar-refractivity contribution in [2.45, 2.75) is 0 Å². The van der Waals surface area contributed by atoms with E-state index in [-0.39, 0.29) is 4.91 Å². The highest BCUT2D eigenvalue weighted by Gasteiger charge is 2.16. The maximum atomic E-state index is 11.5. The summed E-state index contributed by atoms with van der Waals surface area (Å²) in [6, 6.07) is 7.32. The van der Waals surface area contributed by atoms with E-state index in [0.29, 0.717) is 0 Å². The third-order valence-electron chi connectivity index (χ3n) is 2.08. The fourth-order valence-corrected chi connectivity index (χ4v) is 2.18. The topological polar surface area (TPSA) is 54.4 Å². The number of hydrogen-bond acceptors (Lipinski definition) is 2. The Balaban J connectivity index is 2.62. The normalized spacial score (nSPS) is 18.9. The molecular weight excluding hydrogens is 212 g/mol. The largest absolute Gasteiger partial charge is 0.477 e. The molecule has 4 heteroatoms. The molecule has 0 radical (unpaired) electrons. The number of carboxylic acids is 1. The Bertz CT molecular complexity index is 500. The van der Waals surface area contributed by atoms with E-state index in [1.807, 2.05) is 18.2 Å². The molecule has 0 bridgehead atoms. The molecule has 76 valence electrons. The predicted octanol–water partition coefficient (Wildman–Crippen LogP) is 1.85. The van der Waals surface area contributed by atoms with Crippen molar-refractivity contribution in [3.8, 4) is 0 Å². The van der Waals surface area contributed by atoms with Crippen LogP contribution in [0.25, 0.3) is 12.2 Å². The molecule has 0 saturated heterocycles. The van der Waals surface area contributed by atoms with Gasteiger partial charge in [0.05, 0.1) is 10.8 Å². The van der Waals surface area contributed by atoms with Crippen LogP contribution in [0.4, 0.5) is 0 Å². The second-order valence-electron chi connectivity index (χ2n) is 3.04. The lowest BCUT2D eigenvalue weighted by Gasteiger charge is -1.98. The van der Waals surface area contributed by atoms with Gasteiger partial charge in [0.1, 0.15) is 4.91 Å². The van der Waals surface area contributed by atoms with E-state index in [0.717, 1.165) is 11.1 Å². The Morgan fingerprint density at radius 1 is 1.20 bits per heavy atom. The summed E-state index contributed by atoms with van der Waals surface area (Å²) in [7, 11) is -1.57. The van der Waals surface area contributed by atoms with Crippen LogP contribution in [0.2, 0.25) is 0 Å². The van der Waals surface area contributed by atoms with Gasteiger partial charge < -0.3 is 5.11 Å². The molecule has 0 saturated carbocycles. The summed E-state index contributed by atoms with van der Waals surface area (Å²) in [5, 5.41) is 10.3. The van der Waals surface area contributed by atoms with Gasteiger partial charge in [-0.1, -0.05) is 24.3 Å². The summed E-state index contributed by atoms with van der Waals surface area (Å²) in [4.78, 5) is 10.7. The van der Waals surface area contributed by atoms with Crippen LogP contribution in [0.3, 0.4) is 0 Å². The molecule has 1 aromatic carbocycles. The summed E-state index contributed by atoms with van der Waals surface area (Å²) < 4.78 is 11.5. The second-order valence-corrected chi connectivity index (χ2v) is 4.35. The molecule has 0 aliphatic carbocycles. The van der Waals surface area contributed by atoms with Crippen molar-refractivity contribution < 1.29 is 14.1 Å². The molecule has 1 aromatic rings. The van der Waals surface area contributed by atoms with Crippen LogP contribution in [0.15, 0.2) is 34.6 Å². The Morgan fingerprint density at radius 2 is 1.87 bits per heavy atom. The molecule has 1 unspecified atom stereocenters. The number of benzene rings is 1.